The minimum absolute atomic E-state index is 0.0339. The Morgan fingerprint density at radius 1 is 1.67 bits per heavy atom. The van der Waals surface area contributed by atoms with Crippen LogP contribution in [0, 0.1) is 5.92 Å². The molecule has 0 aromatic carbocycles. The van der Waals surface area contributed by atoms with Gasteiger partial charge in [-0.05, 0) is 43.7 Å². The molecule has 1 aliphatic carbocycles. The van der Waals surface area contributed by atoms with Crippen LogP contribution in [-0.2, 0) is 17.6 Å². The van der Waals surface area contributed by atoms with Crippen LogP contribution in [0.3, 0.4) is 0 Å². The van der Waals surface area contributed by atoms with Gasteiger partial charge in [0.2, 0.25) is 0 Å². The largest absolute Gasteiger partial charge is 0.383 e. The maximum absolute atomic E-state index is 12.1. The second-order valence-corrected chi connectivity index (χ2v) is 6.37. The Hall–Kier alpha value is -0.870. The van der Waals surface area contributed by atoms with Crippen molar-refractivity contribution in [2.75, 3.05) is 13.7 Å². The number of carbonyl (C=O) groups excluding carboxylic acids is 1. The van der Waals surface area contributed by atoms with E-state index in [1.807, 2.05) is 6.92 Å². The van der Waals surface area contributed by atoms with E-state index in [1.54, 1.807) is 18.4 Å². The fourth-order valence-corrected chi connectivity index (χ4v) is 3.52. The molecule has 1 amide bonds. The van der Waals surface area contributed by atoms with E-state index < -0.39 is 0 Å². The molecule has 1 heterocycles. The summed E-state index contributed by atoms with van der Waals surface area (Å²) < 4.78 is 5.02. The molecule has 0 bridgehead atoms. The summed E-state index contributed by atoms with van der Waals surface area (Å²) in [4.78, 5) is 14.3. The first kappa shape index (κ1) is 13.6. The van der Waals surface area contributed by atoms with Crippen LogP contribution >= 0.6 is 11.3 Å². The molecule has 0 fully saturated rings. The summed E-state index contributed by atoms with van der Waals surface area (Å²) in [5.41, 5.74) is 1.38. The highest BCUT2D eigenvalue weighted by atomic mass is 32.1. The molecule has 2 rings (SSSR count). The summed E-state index contributed by atoms with van der Waals surface area (Å²) >= 11 is 1.65. The number of amides is 1. The van der Waals surface area contributed by atoms with Crippen LogP contribution < -0.4 is 5.32 Å². The Bertz CT molecular complexity index is 427. The molecule has 0 spiro atoms. The van der Waals surface area contributed by atoms with Crippen molar-refractivity contribution in [1.82, 2.24) is 5.32 Å². The van der Waals surface area contributed by atoms with Crippen molar-refractivity contribution in [3.63, 3.8) is 0 Å². The maximum atomic E-state index is 12.1. The van der Waals surface area contributed by atoms with Gasteiger partial charge in [-0.15, -0.1) is 11.3 Å². The summed E-state index contributed by atoms with van der Waals surface area (Å²) in [5, 5.41) is 2.96. The van der Waals surface area contributed by atoms with Gasteiger partial charge in [0.25, 0.3) is 5.91 Å². The lowest BCUT2D eigenvalue weighted by molar-refractivity contribution is 0.0909. The Morgan fingerprint density at radius 2 is 2.44 bits per heavy atom. The lowest BCUT2D eigenvalue weighted by Gasteiger charge is -2.16. The van der Waals surface area contributed by atoms with Crippen molar-refractivity contribution >= 4 is 17.2 Å². The van der Waals surface area contributed by atoms with E-state index in [2.05, 4.69) is 18.3 Å². The molecule has 0 radical (unpaired) electrons. The molecule has 0 saturated heterocycles. The highest BCUT2D eigenvalue weighted by Crippen LogP contribution is 2.32. The van der Waals surface area contributed by atoms with Gasteiger partial charge < -0.3 is 10.1 Å². The van der Waals surface area contributed by atoms with Gasteiger partial charge in [0.15, 0.2) is 0 Å². The Morgan fingerprint density at radius 3 is 3.17 bits per heavy atom. The minimum Gasteiger partial charge on any atom is -0.383 e. The smallest absolute Gasteiger partial charge is 0.261 e. The highest BCUT2D eigenvalue weighted by Gasteiger charge is 2.21. The number of aryl methyl sites for hydroxylation is 1. The zero-order chi connectivity index (χ0) is 13.1. The first-order valence-electron chi connectivity index (χ1n) is 6.51. The van der Waals surface area contributed by atoms with Crippen LogP contribution in [0.4, 0.5) is 0 Å². The molecule has 100 valence electrons. The molecule has 1 aliphatic rings. The van der Waals surface area contributed by atoms with E-state index in [-0.39, 0.29) is 11.9 Å². The van der Waals surface area contributed by atoms with Crippen molar-refractivity contribution in [3.05, 3.63) is 21.4 Å². The van der Waals surface area contributed by atoms with Crippen LogP contribution in [0.1, 0.15) is 40.4 Å². The normalized spacial score (nSPS) is 20.3. The lowest BCUT2D eigenvalue weighted by Crippen LogP contribution is -2.35. The van der Waals surface area contributed by atoms with Crippen LogP contribution in [0.2, 0.25) is 0 Å². The van der Waals surface area contributed by atoms with Crippen LogP contribution in [0.15, 0.2) is 6.07 Å². The van der Waals surface area contributed by atoms with Gasteiger partial charge in [0.1, 0.15) is 0 Å². The number of hydrogen-bond donors (Lipinski definition) is 1. The fourth-order valence-electron chi connectivity index (χ4n) is 2.40. The topological polar surface area (TPSA) is 38.3 Å². The number of thiophene rings is 1. The van der Waals surface area contributed by atoms with Crippen LogP contribution in [-0.4, -0.2) is 25.7 Å². The molecule has 2 atom stereocenters. The summed E-state index contributed by atoms with van der Waals surface area (Å²) in [6, 6.07) is 2.13. The highest BCUT2D eigenvalue weighted by molar-refractivity contribution is 7.14. The molecule has 4 heteroatoms. The van der Waals surface area contributed by atoms with Crippen LogP contribution in [0.5, 0.6) is 0 Å². The number of hydrogen-bond acceptors (Lipinski definition) is 3. The maximum Gasteiger partial charge on any atom is 0.261 e. The molecule has 1 aromatic heterocycles. The monoisotopic (exact) mass is 267 g/mol. The zero-order valence-corrected chi connectivity index (χ0v) is 12.1. The van der Waals surface area contributed by atoms with E-state index >= 15 is 0 Å². The van der Waals surface area contributed by atoms with Crippen molar-refractivity contribution < 1.29 is 9.53 Å². The van der Waals surface area contributed by atoms with Gasteiger partial charge in [0.05, 0.1) is 11.5 Å². The van der Waals surface area contributed by atoms with Crippen molar-refractivity contribution in [2.45, 2.75) is 39.2 Å². The first-order chi connectivity index (χ1) is 8.60. The average molecular weight is 267 g/mol. The number of fused-ring (bicyclic) bond motifs is 1. The van der Waals surface area contributed by atoms with E-state index in [0.717, 1.165) is 23.6 Å². The number of nitrogens with one attached hydrogen (secondary N) is 1. The standard InChI is InChI=1S/C14H21NO2S/c1-9-4-5-12-11(6-9)7-13(18-12)14(16)15-10(2)8-17-3/h7,9-10H,4-6,8H2,1-3H3,(H,15,16)/t9-,10-/m1/s1. The molecular weight excluding hydrogens is 246 g/mol. The van der Waals surface area contributed by atoms with E-state index in [0.29, 0.717) is 6.61 Å². The molecule has 1 N–H and O–H groups in total. The third-order valence-corrected chi connectivity index (χ3v) is 4.58. The first-order valence-corrected chi connectivity index (χ1v) is 7.33. The quantitative estimate of drug-likeness (QED) is 0.910. The Kier molecular flexibility index (Phi) is 4.40. The predicted octanol–water partition coefficient (Wildman–Crippen LogP) is 2.64. The molecular formula is C14H21NO2S. The molecule has 1 aromatic rings. The average Bonchev–Trinajstić information content (AvgIpc) is 2.72. The van der Waals surface area contributed by atoms with Gasteiger partial charge in [0, 0.05) is 18.0 Å². The minimum atomic E-state index is 0.0339. The Labute approximate surface area is 113 Å². The number of methoxy groups -OCH3 is 1. The van der Waals surface area contributed by atoms with E-state index in [1.165, 1.54) is 16.9 Å². The second kappa shape index (κ2) is 5.85. The van der Waals surface area contributed by atoms with Gasteiger partial charge >= 0.3 is 0 Å². The van der Waals surface area contributed by atoms with Gasteiger partial charge in [-0.1, -0.05) is 6.92 Å². The number of ether oxygens (including phenoxy) is 1. The van der Waals surface area contributed by atoms with E-state index in [9.17, 15) is 4.79 Å². The summed E-state index contributed by atoms with van der Waals surface area (Å²) in [6.45, 7) is 4.78. The Balaban J connectivity index is 2.03. The summed E-state index contributed by atoms with van der Waals surface area (Å²) in [6.07, 6.45) is 3.49. The lowest BCUT2D eigenvalue weighted by atomic mass is 9.90. The number of carbonyl (C=O) groups is 1. The molecule has 0 saturated carbocycles. The molecule has 0 aliphatic heterocycles. The predicted molar refractivity (Wildman–Crippen MR) is 74.3 cm³/mol. The number of rotatable bonds is 4. The molecule has 3 nitrogen and oxygen atoms in total. The van der Waals surface area contributed by atoms with Crippen molar-refractivity contribution in [1.29, 1.82) is 0 Å². The fraction of sp³-hybridized carbons (Fsp3) is 0.643. The summed E-state index contributed by atoms with van der Waals surface area (Å²) in [5.74, 6) is 0.780. The van der Waals surface area contributed by atoms with Gasteiger partial charge in [-0.3, -0.25) is 4.79 Å². The third-order valence-electron chi connectivity index (χ3n) is 3.35. The third kappa shape index (κ3) is 3.12. The zero-order valence-electron chi connectivity index (χ0n) is 11.3. The van der Waals surface area contributed by atoms with Crippen molar-refractivity contribution in [3.8, 4) is 0 Å². The summed E-state index contributed by atoms with van der Waals surface area (Å²) in [7, 11) is 1.65. The SMILES string of the molecule is COC[C@@H](C)NC(=O)c1cc2c(s1)CC[C@@H](C)C2. The van der Waals surface area contributed by atoms with Crippen molar-refractivity contribution in [2.24, 2.45) is 5.92 Å². The van der Waals surface area contributed by atoms with E-state index in [4.69, 9.17) is 4.74 Å². The van der Waals surface area contributed by atoms with Crippen LogP contribution in [0.25, 0.3) is 0 Å². The molecule has 0 unspecified atom stereocenters. The molecule has 18 heavy (non-hydrogen) atoms. The van der Waals surface area contributed by atoms with Gasteiger partial charge in [-0.25, -0.2) is 0 Å². The second-order valence-electron chi connectivity index (χ2n) is 5.24. The van der Waals surface area contributed by atoms with Gasteiger partial charge in [-0.2, -0.15) is 0 Å².